The molecule has 2 N–H and O–H groups in total. The molecule has 4 nitrogen and oxygen atoms in total. The molecule has 0 aliphatic heterocycles. The Morgan fingerprint density at radius 2 is 2.50 bits per heavy atom. The highest BCUT2D eigenvalue weighted by atomic mass is 16.7. The van der Waals surface area contributed by atoms with Crippen LogP contribution in [0.4, 0.5) is 0 Å². The standard InChI is InChI=1S/C2H6N2O2/c1-6-4(3)2-5/h2H,3H2,1H3. The van der Waals surface area contributed by atoms with Crippen molar-refractivity contribution in [3.05, 3.63) is 0 Å². The Hall–Kier alpha value is -0.610. The zero-order valence-electron chi connectivity index (χ0n) is 3.42. The summed E-state index contributed by atoms with van der Waals surface area (Å²) in [6.45, 7) is 0. The van der Waals surface area contributed by atoms with Crippen LogP contribution in [0.5, 0.6) is 0 Å². The van der Waals surface area contributed by atoms with Gasteiger partial charge in [0.25, 0.3) is 0 Å². The van der Waals surface area contributed by atoms with E-state index in [1.807, 2.05) is 0 Å². The van der Waals surface area contributed by atoms with Gasteiger partial charge in [-0.3, -0.25) is 9.63 Å². The van der Waals surface area contributed by atoms with Gasteiger partial charge in [-0.1, -0.05) is 0 Å². The lowest BCUT2D eigenvalue weighted by atomic mass is 11.4. The quantitative estimate of drug-likeness (QED) is 0.202. The van der Waals surface area contributed by atoms with Crippen LogP contribution in [-0.4, -0.2) is 18.7 Å². The molecule has 0 aromatic carbocycles. The predicted molar refractivity (Wildman–Crippen MR) is 19.1 cm³/mol. The molecule has 36 valence electrons. The van der Waals surface area contributed by atoms with Crippen LogP contribution in [0.25, 0.3) is 0 Å². The van der Waals surface area contributed by atoms with Gasteiger partial charge in [0.1, 0.15) is 0 Å². The number of hydroxylamine groups is 1. The first kappa shape index (κ1) is 5.39. The third-order valence-electron chi connectivity index (χ3n) is 0.315. The summed E-state index contributed by atoms with van der Waals surface area (Å²) in [5.41, 5.74) is 0. The van der Waals surface area contributed by atoms with Crippen LogP contribution < -0.4 is 5.84 Å². The van der Waals surface area contributed by atoms with Crippen molar-refractivity contribution in [3.8, 4) is 0 Å². The summed E-state index contributed by atoms with van der Waals surface area (Å²) in [6, 6.07) is 0. The van der Waals surface area contributed by atoms with Crippen molar-refractivity contribution in [2.45, 2.75) is 0 Å². The molecule has 4 heteroatoms. The second-order valence-corrected chi connectivity index (χ2v) is 0.648. The lowest BCUT2D eigenvalue weighted by Gasteiger charge is -2.01. The summed E-state index contributed by atoms with van der Waals surface area (Å²) in [7, 11) is 1.30. The highest BCUT2D eigenvalue weighted by Crippen LogP contribution is 1.60. The molecule has 0 radical (unpaired) electrons. The highest BCUT2D eigenvalue weighted by molar-refractivity contribution is 5.43. The Balaban J connectivity index is 2.96. The zero-order chi connectivity index (χ0) is 4.99. The summed E-state index contributed by atoms with van der Waals surface area (Å²) in [5, 5.41) is 0.569. The molecule has 0 rings (SSSR count). The van der Waals surface area contributed by atoms with Crippen molar-refractivity contribution < 1.29 is 9.63 Å². The molecule has 0 spiro atoms. The molecule has 0 aliphatic carbocycles. The van der Waals surface area contributed by atoms with Gasteiger partial charge >= 0.3 is 0 Å². The smallest absolute Gasteiger partial charge is 0.248 e. The van der Waals surface area contributed by atoms with E-state index >= 15 is 0 Å². The van der Waals surface area contributed by atoms with E-state index in [4.69, 9.17) is 5.84 Å². The number of nitrogens with zero attached hydrogens (tertiary/aromatic N) is 1. The maximum absolute atomic E-state index is 9.41. The van der Waals surface area contributed by atoms with Crippen molar-refractivity contribution in [2.24, 2.45) is 5.84 Å². The molecule has 0 saturated carbocycles. The largest absolute Gasteiger partial charge is 0.275 e. The van der Waals surface area contributed by atoms with Crippen molar-refractivity contribution in [1.29, 1.82) is 0 Å². The molecule has 6 heavy (non-hydrogen) atoms. The summed E-state index contributed by atoms with van der Waals surface area (Å²) in [4.78, 5) is 13.6. The van der Waals surface area contributed by atoms with Gasteiger partial charge in [-0.25, -0.2) is 5.84 Å². The Morgan fingerprint density at radius 3 is 2.50 bits per heavy atom. The minimum atomic E-state index is 0.361. The SMILES string of the molecule is CON(N)C=O. The lowest BCUT2D eigenvalue weighted by molar-refractivity contribution is -0.161. The van der Waals surface area contributed by atoms with Crippen LogP contribution in [0.2, 0.25) is 0 Å². The van der Waals surface area contributed by atoms with Crippen molar-refractivity contribution in [3.63, 3.8) is 0 Å². The second-order valence-electron chi connectivity index (χ2n) is 0.648. The third-order valence-corrected chi connectivity index (χ3v) is 0.315. The number of hydrazine groups is 1. The summed E-state index contributed by atoms with van der Waals surface area (Å²) in [6.07, 6.45) is 0.361. The van der Waals surface area contributed by atoms with Gasteiger partial charge in [0.15, 0.2) is 0 Å². The molecule has 0 unspecified atom stereocenters. The maximum atomic E-state index is 9.41. The molecule has 0 aromatic heterocycles. The molecule has 0 atom stereocenters. The van der Waals surface area contributed by atoms with Crippen LogP contribution in [0, 0.1) is 0 Å². The number of carbonyl (C=O) groups excluding carboxylic acids is 1. The Labute approximate surface area is 35.4 Å². The van der Waals surface area contributed by atoms with Gasteiger partial charge in [0, 0.05) is 0 Å². The zero-order valence-corrected chi connectivity index (χ0v) is 3.42. The molecule has 0 bridgehead atoms. The van der Waals surface area contributed by atoms with E-state index in [1.165, 1.54) is 7.11 Å². The van der Waals surface area contributed by atoms with Crippen LogP contribution in [0.15, 0.2) is 0 Å². The number of amides is 1. The van der Waals surface area contributed by atoms with E-state index in [2.05, 4.69) is 4.84 Å². The van der Waals surface area contributed by atoms with Crippen LogP contribution >= 0.6 is 0 Å². The molecular weight excluding hydrogens is 84.0 g/mol. The molecule has 1 amide bonds. The van der Waals surface area contributed by atoms with Gasteiger partial charge in [-0.05, 0) is 0 Å². The van der Waals surface area contributed by atoms with E-state index in [1.54, 1.807) is 0 Å². The summed E-state index contributed by atoms with van der Waals surface area (Å²) < 4.78 is 0. The average Bonchev–Trinajstić information content (AvgIpc) is 1.65. The van der Waals surface area contributed by atoms with E-state index in [9.17, 15) is 4.79 Å². The second kappa shape index (κ2) is 2.62. The topological polar surface area (TPSA) is 55.6 Å². The molecule has 0 heterocycles. The first-order valence-corrected chi connectivity index (χ1v) is 1.34. The minimum Gasteiger partial charge on any atom is -0.275 e. The normalized spacial score (nSPS) is 7.67. The fourth-order valence-corrected chi connectivity index (χ4v) is 0.0430. The van der Waals surface area contributed by atoms with Gasteiger partial charge in [-0.15, -0.1) is 0 Å². The number of rotatable bonds is 2. The molecule has 0 fully saturated rings. The fourth-order valence-electron chi connectivity index (χ4n) is 0.0430. The van der Waals surface area contributed by atoms with Gasteiger partial charge in [0.2, 0.25) is 6.41 Å². The van der Waals surface area contributed by atoms with E-state index in [0.29, 0.717) is 11.6 Å². The van der Waals surface area contributed by atoms with Crippen LogP contribution in [0.3, 0.4) is 0 Å². The first-order valence-electron chi connectivity index (χ1n) is 1.34. The minimum absolute atomic E-state index is 0.361. The monoisotopic (exact) mass is 90.0 g/mol. The average molecular weight is 90.1 g/mol. The molecule has 0 saturated heterocycles. The maximum Gasteiger partial charge on any atom is 0.248 e. The van der Waals surface area contributed by atoms with Gasteiger partial charge < -0.3 is 0 Å². The highest BCUT2D eigenvalue weighted by Gasteiger charge is 1.79. The van der Waals surface area contributed by atoms with Crippen molar-refractivity contribution in [2.75, 3.05) is 7.11 Å². The first-order chi connectivity index (χ1) is 2.81. The lowest BCUT2D eigenvalue weighted by Crippen LogP contribution is -2.27. The fraction of sp³-hybridized carbons (Fsp3) is 0.500. The Bertz CT molecular complexity index is 46.8. The number of nitrogens with two attached hydrogens (primary N) is 1. The number of hydrogen-bond donors (Lipinski definition) is 1. The van der Waals surface area contributed by atoms with Crippen LogP contribution in [-0.2, 0) is 9.63 Å². The molecule has 0 aromatic rings. The van der Waals surface area contributed by atoms with E-state index in [0.717, 1.165) is 0 Å². The van der Waals surface area contributed by atoms with Gasteiger partial charge in [-0.2, -0.15) is 5.17 Å². The number of carbonyl (C=O) groups is 1. The summed E-state index contributed by atoms with van der Waals surface area (Å²) >= 11 is 0. The van der Waals surface area contributed by atoms with Gasteiger partial charge in [0.05, 0.1) is 7.11 Å². The Kier molecular flexibility index (Phi) is 2.35. The van der Waals surface area contributed by atoms with Crippen molar-refractivity contribution in [1.82, 2.24) is 5.17 Å². The van der Waals surface area contributed by atoms with E-state index in [-0.39, 0.29) is 0 Å². The Morgan fingerprint density at radius 1 is 2.00 bits per heavy atom. The third kappa shape index (κ3) is 1.68. The number of hydrogen-bond acceptors (Lipinski definition) is 3. The molecule has 0 aliphatic rings. The summed E-state index contributed by atoms with van der Waals surface area (Å²) in [5.74, 6) is 4.72. The predicted octanol–water partition coefficient (Wildman–Crippen LogP) is -1.12. The van der Waals surface area contributed by atoms with E-state index < -0.39 is 0 Å². The van der Waals surface area contributed by atoms with Crippen LogP contribution in [0.1, 0.15) is 0 Å². The van der Waals surface area contributed by atoms with Crippen molar-refractivity contribution >= 4 is 6.41 Å². The molecular formula is C2H6N2O2.